The molecule has 5 fully saturated rings. The van der Waals surface area contributed by atoms with Gasteiger partial charge in [-0.2, -0.15) is 0 Å². The van der Waals surface area contributed by atoms with Gasteiger partial charge in [-0.05, 0) is 74.0 Å². The average molecular weight is 162 g/mol. The largest absolute Gasteiger partial charge is 0.0499 e. The van der Waals surface area contributed by atoms with Crippen LogP contribution in [0.2, 0.25) is 0 Å². The lowest BCUT2D eigenvalue weighted by Crippen LogP contribution is -2.53. The van der Waals surface area contributed by atoms with Gasteiger partial charge in [0.25, 0.3) is 0 Å². The molecule has 0 aromatic carbocycles. The highest BCUT2D eigenvalue weighted by molar-refractivity contribution is 5.14. The molecule has 5 atom stereocenters. The summed E-state index contributed by atoms with van der Waals surface area (Å²) in [6.07, 6.45) is 11.3. The van der Waals surface area contributed by atoms with Crippen LogP contribution in [0, 0.1) is 29.1 Å². The number of fused-ring (bicyclic) bond motifs is 2. The second kappa shape index (κ2) is 1.76. The van der Waals surface area contributed by atoms with Gasteiger partial charge in [-0.15, -0.1) is 0 Å². The predicted octanol–water partition coefficient (Wildman–Crippen LogP) is 3.22. The number of rotatable bonds is 0. The van der Waals surface area contributed by atoms with Crippen LogP contribution in [-0.2, 0) is 0 Å². The first kappa shape index (κ1) is 6.45. The van der Waals surface area contributed by atoms with Gasteiger partial charge in [0.1, 0.15) is 0 Å². The fourth-order valence-electron chi connectivity index (χ4n) is 5.24. The molecule has 0 aromatic heterocycles. The minimum absolute atomic E-state index is 0.937. The quantitative estimate of drug-likeness (QED) is 0.513. The zero-order chi connectivity index (χ0) is 7.76. The van der Waals surface area contributed by atoms with Crippen molar-refractivity contribution >= 4 is 0 Å². The molecule has 0 N–H and O–H groups in total. The second-order valence-corrected chi connectivity index (χ2v) is 5.93. The van der Waals surface area contributed by atoms with E-state index in [0.29, 0.717) is 0 Å². The summed E-state index contributed by atoms with van der Waals surface area (Å²) in [6.45, 7) is 0. The zero-order valence-corrected chi connectivity index (χ0v) is 7.76. The van der Waals surface area contributed by atoms with Crippen molar-refractivity contribution in [1.82, 2.24) is 0 Å². The molecule has 5 aliphatic rings. The van der Waals surface area contributed by atoms with Crippen LogP contribution in [0.25, 0.3) is 0 Å². The molecule has 5 aliphatic carbocycles. The Balaban J connectivity index is 1.72. The lowest BCUT2D eigenvalue weighted by Gasteiger charge is -2.61. The van der Waals surface area contributed by atoms with Crippen LogP contribution in [0.3, 0.4) is 0 Å². The highest BCUT2D eigenvalue weighted by atomic mass is 14.7. The lowest BCUT2D eigenvalue weighted by atomic mass is 9.44. The molecule has 0 radical (unpaired) electrons. The normalized spacial score (nSPS) is 66.0. The maximum absolute atomic E-state index is 1.64. The molecule has 0 heteroatoms. The van der Waals surface area contributed by atoms with Crippen molar-refractivity contribution in [2.24, 2.45) is 29.1 Å². The summed E-state index contributed by atoms with van der Waals surface area (Å²) < 4.78 is 0. The summed E-state index contributed by atoms with van der Waals surface area (Å²) in [5, 5.41) is 0. The van der Waals surface area contributed by atoms with Crippen molar-refractivity contribution in [2.45, 2.75) is 44.9 Å². The molecule has 1 spiro atoms. The molecule has 0 saturated heterocycles. The van der Waals surface area contributed by atoms with E-state index in [2.05, 4.69) is 0 Å². The maximum atomic E-state index is 1.64. The molecule has 0 heterocycles. The minimum atomic E-state index is 0.937. The average Bonchev–Trinajstić information content (AvgIpc) is 2.53. The second-order valence-electron chi connectivity index (χ2n) is 5.93. The molecular weight excluding hydrogens is 144 g/mol. The van der Waals surface area contributed by atoms with E-state index >= 15 is 0 Å². The van der Waals surface area contributed by atoms with Gasteiger partial charge in [0, 0.05) is 0 Å². The highest BCUT2D eigenvalue weighted by Crippen LogP contribution is 2.73. The van der Waals surface area contributed by atoms with Gasteiger partial charge in [-0.1, -0.05) is 0 Å². The summed E-state index contributed by atoms with van der Waals surface area (Å²) >= 11 is 0. The molecule has 4 unspecified atom stereocenters. The molecule has 0 nitrogen and oxygen atoms in total. The van der Waals surface area contributed by atoms with Crippen molar-refractivity contribution in [3.8, 4) is 0 Å². The SMILES string of the molecule is C1CC2C1CC[C@@]13CCC(C1)C23. The van der Waals surface area contributed by atoms with Crippen molar-refractivity contribution in [3.05, 3.63) is 0 Å². The van der Waals surface area contributed by atoms with E-state index in [1.807, 2.05) is 0 Å². The number of hydrogen-bond donors (Lipinski definition) is 0. The maximum Gasteiger partial charge on any atom is -0.0261 e. The van der Waals surface area contributed by atoms with E-state index in [1.165, 1.54) is 23.7 Å². The Morgan fingerprint density at radius 1 is 0.833 bits per heavy atom. The zero-order valence-electron chi connectivity index (χ0n) is 7.76. The van der Waals surface area contributed by atoms with Gasteiger partial charge in [0.15, 0.2) is 0 Å². The summed E-state index contributed by atoms with van der Waals surface area (Å²) in [4.78, 5) is 0. The van der Waals surface area contributed by atoms with E-state index in [4.69, 9.17) is 0 Å². The summed E-state index contributed by atoms with van der Waals surface area (Å²) in [6, 6.07) is 0. The third-order valence-corrected chi connectivity index (χ3v) is 5.85. The Morgan fingerprint density at radius 2 is 1.67 bits per heavy atom. The van der Waals surface area contributed by atoms with Crippen LogP contribution < -0.4 is 0 Å². The molecule has 66 valence electrons. The minimum Gasteiger partial charge on any atom is -0.0499 e. The monoisotopic (exact) mass is 162 g/mol. The van der Waals surface area contributed by atoms with E-state index in [0.717, 1.165) is 5.41 Å². The van der Waals surface area contributed by atoms with E-state index in [-0.39, 0.29) is 0 Å². The standard InChI is InChI=1S/C12H18/c1-2-10-8(1)3-5-12-6-4-9(7-12)11(10)12/h8-11H,1-7H2/t8?,9?,10?,11?,12-/m1/s1. The molecule has 12 heavy (non-hydrogen) atoms. The Labute approximate surface area is 74.7 Å². The van der Waals surface area contributed by atoms with Gasteiger partial charge >= 0.3 is 0 Å². The van der Waals surface area contributed by atoms with Gasteiger partial charge in [0.05, 0.1) is 0 Å². The van der Waals surface area contributed by atoms with Crippen LogP contribution in [0.15, 0.2) is 0 Å². The van der Waals surface area contributed by atoms with E-state index in [9.17, 15) is 0 Å². The summed E-state index contributed by atoms with van der Waals surface area (Å²) in [5.41, 5.74) is 0.937. The van der Waals surface area contributed by atoms with Crippen molar-refractivity contribution < 1.29 is 0 Å². The first-order chi connectivity index (χ1) is 5.89. The molecular formula is C12H18. The van der Waals surface area contributed by atoms with E-state index < -0.39 is 0 Å². The Hall–Kier alpha value is 0. The van der Waals surface area contributed by atoms with Crippen molar-refractivity contribution in [1.29, 1.82) is 0 Å². The number of hydrogen-bond acceptors (Lipinski definition) is 0. The van der Waals surface area contributed by atoms with Gasteiger partial charge < -0.3 is 0 Å². The molecule has 0 aromatic rings. The fourth-order valence-corrected chi connectivity index (χ4v) is 5.24. The van der Waals surface area contributed by atoms with Crippen LogP contribution in [0.1, 0.15) is 44.9 Å². The van der Waals surface area contributed by atoms with Gasteiger partial charge in [-0.25, -0.2) is 0 Å². The predicted molar refractivity (Wildman–Crippen MR) is 48.7 cm³/mol. The first-order valence-electron chi connectivity index (χ1n) is 5.89. The smallest absolute Gasteiger partial charge is 0.0261 e. The third-order valence-electron chi connectivity index (χ3n) is 5.85. The Kier molecular flexibility index (Phi) is 0.946. The molecule has 0 aliphatic heterocycles. The van der Waals surface area contributed by atoms with Gasteiger partial charge in [-0.3, -0.25) is 0 Å². The fraction of sp³-hybridized carbons (Fsp3) is 1.00. The molecule has 5 rings (SSSR count). The molecule has 0 amide bonds. The first-order valence-corrected chi connectivity index (χ1v) is 5.89. The molecule has 5 saturated carbocycles. The van der Waals surface area contributed by atoms with Gasteiger partial charge in [0.2, 0.25) is 0 Å². The Bertz CT molecular complexity index is 228. The van der Waals surface area contributed by atoms with Crippen molar-refractivity contribution in [2.75, 3.05) is 0 Å². The summed E-state index contributed by atoms with van der Waals surface area (Å²) in [7, 11) is 0. The topological polar surface area (TPSA) is 0 Å². The highest BCUT2D eigenvalue weighted by Gasteiger charge is 2.64. The summed E-state index contributed by atoms with van der Waals surface area (Å²) in [5.74, 6) is 4.87. The van der Waals surface area contributed by atoms with Crippen molar-refractivity contribution in [3.63, 3.8) is 0 Å². The third kappa shape index (κ3) is 0.506. The molecule has 2 bridgehead atoms. The van der Waals surface area contributed by atoms with Crippen LogP contribution in [-0.4, -0.2) is 0 Å². The van der Waals surface area contributed by atoms with Crippen LogP contribution >= 0.6 is 0 Å². The van der Waals surface area contributed by atoms with Crippen LogP contribution in [0.5, 0.6) is 0 Å². The lowest BCUT2D eigenvalue weighted by molar-refractivity contribution is -0.121. The van der Waals surface area contributed by atoms with Crippen LogP contribution in [0.4, 0.5) is 0 Å². The Morgan fingerprint density at radius 3 is 2.33 bits per heavy atom. The van der Waals surface area contributed by atoms with E-state index in [1.54, 1.807) is 44.9 Å².